The summed E-state index contributed by atoms with van der Waals surface area (Å²) in [6.45, 7) is 2.21. The van der Waals surface area contributed by atoms with Gasteiger partial charge in [0.05, 0.1) is 6.04 Å². The van der Waals surface area contributed by atoms with Crippen molar-refractivity contribution in [3.8, 4) is 0 Å². The minimum atomic E-state index is -0.130. The van der Waals surface area contributed by atoms with Crippen LogP contribution in [-0.2, 0) is 0 Å². The van der Waals surface area contributed by atoms with Gasteiger partial charge in [-0.15, -0.1) is 0 Å². The molecule has 0 spiro atoms. The van der Waals surface area contributed by atoms with Crippen molar-refractivity contribution in [1.29, 1.82) is 0 Å². The minimum absolute atomic E-state index is 0.0820. The molecule has 0 heterocycles. The zero-order chi connectivity index (χ0) is 16.1. The number of hydrogen-bond donors (Lipinski definition) is 2. The van der Waals surface area contributed by atoms with Crippen LogP contribution in [0.2, 0.25) is 0 Å². The van der Waals surface area contributed by atoms with E-state index in [4.69, 9.17) is 0 Å². The first-order valence-electron chi connectivity index (χ1n) is 8.41. The van der Waals surface area contributed by atoms with E-state index in [2.05, 4.69) is 41.8 Å². The second kappa shape index (κ2) is 7.32. The number of nitrogens with one attached hydrogen (secondary N) is 2. The Balaban J connectivity index is 1.75. The van der Waals surface area contributed by atoms with E-state index in [9.17, 15) is 4.79 Å². The number of rotatable bonds is 4. The maximum absolute atomic E-state index is 12.5. The van der Waals surface area contributed by atoms with Gasteiger partial charge in [0.1, 0.15) is 0 Å². The predicted octanol–water partition coefficient (Wildman–Crippen LogP) is 4.26. The first-order chi connectivity index (χ1) is 11.2. The van der Waals surface area contributed by atoms with Crippen LogP contribution in [0.4, 0.5) is 4.79 Å². The topological polar surface area (TPSA) is 41.1 Å². The Morgan fingerprint density at radius 2 is 1.52 bits per heavy atom. The zero-order valence-electron chi connectivity index (χ0n) is 13.5. The molecular formula is C20H24N2O. The van der Waals surface area contributed by atoms with E-state index in [1.807, 2.05) is 36.4 Å². The van der Waals surface area contributed by atoms with Crippen LogP contribution in [0.15, 0.2) is 60.7 Å². The number of carbonyl (C=O) groups is 1. The summed E-state index contributed by atoms with van der Waals surface area (Å²) in [7, 11) is 0. The lowest BCUT2D eigenvalue weighted by molar-refractivity contribution is 0.232. The number of urea groups is 1. The highest BCUT2D eigenvalue weighted by Crippen LogP contribution is 2.25. The molecular weight excluding hydrogens is 284 g/mol. The van der Waals surface area contributed by atoms with Crippen LogP contribution in [-0.4, -0.2) is 12.1 Å². The third kappa shape index (κ3) is 3.92. The van der Waals surface area contributed by atoms with Crippen molar-refractivity contribution in [1.82, 2.24) is 10.6 Å². The minimum Gasteiger partial charge on any atom is -0.335 e. The Bertz CT molecular complexity index is 587. The van der Waals surface area contributed by atoms with Crippen LogP contribution < -0.4 is 10.6 Å². The van der Waals surface area contributed by atoms with Crippen molar-refractivity contribution in [2.75, 3.05) is 0 Å². The normalized spacial score (nSPS) is 20.4. The van der Waals surface area contributed by atoms with E-state index in [1.54, 1.807) is 0 Å². The molecule has 2 N–H and O–H groups in total. The van der Waals surface area contributed by atoms with E-state index < -0.39 is 0 Å². The summed E-state index contributed by atoms with van der Waals surface area (Å²) in [6.07, 6.45) is 3.48. The molecule has 3 heteroatoms. The van der Waals surface area contributed by atoms with Gasteiger partial charge in [-0.05, 0) is 29.9 Å². The number of amides is 2. The predicted molar refractivity (Wildman–Crippen MR) is 93.2 cm³/mol. The van der Waals surface area contributed by atoms with E-state index in [0.717, 1.165) is 17.5 Å². The molecule has 2 atom stereocenters. The fraction of sp³-hybridized carbons (Fsp3) is 0.350. The third-order valence-corrected chi connectivity index (χ3v) is 4.72. The van der Waals surface area contributed by atoms with Crippen molar-refractivity contribution in [2.24, 2.45) is 5.92 Å². The standard InChI is InChI=1S/C20H24N2O/c1-15-9-8-14-18(15)21-20(23)22-19(16-10-4-2-5-11-16)17-12-6-3-7-13-17/h2-7,10-13,15,18-19H,8-9,14H2,1H3,(H2,21,22,23). The summed E-state index contributed by atoms with van der Waals surface area (Å²) >= 11 is 0. The Morgan fingerprint density at radius 1 is 0.957 bits per heavy atom. The molecule has 1 aliphatic carbocycles. The van der Waals surface area contributed by atoms with Crippen LogP contribution >= 0.6 is 0 Å². The van der Waals surface area contributed by atoms with Gasteiger partial charge in [0.25, 0.3) is 0 Å². The summed E-state index contributed by atoms with van der Waals surface area (Å²) in [6, 6.07) is 20.3. The molecule has 1 aliphatic rings. The second-order valence-electron chi connectivity index (χ2n) is 6.39. The molecule has 2 amide bonds. The first kappa shape index (κ1) is 15.6. The van der Waals surface area contributed by atoms with Gasteiger partial charge in [0.2, 0.25) is 0 Å². The average molecular weight is 308 g/mol. The summed E-state index contributed by atoms with van der Waals surface area (Å²) in [5.41, 5.74) is 2.18. The summed E-state index contributed by atoms with van der Waals surface area (Å²) in [5.74, 6) is 0.563. The van der Waals surface area contributed by atoms with E-state index in [0.29, 0.717) is 12.0 Å². The second-order valence-corrected chi connectivity index (χ2v) is 6.39. The van der Waals surface area contributed by atoms with Gasteiger partial charge in [-0.1, -0.05) is 74.0 Å². The molecule has 2 aromatic carbocycles. The highest BCUT2D eigenvalue weighted by atomic mass is 16.2. The zero-order valence-corrected chi connectivity index (χ0v) is 13.5. The fourth-order valence-corrected chi connectivity index (χ4v) is 3.35. The first-order valence-corrected chi connectivity index (χ1v) is 8.41. The monoisotopic (exact) mass is 308 g/mol. The lowest BCUT2D eigenvalue weighted by Crippen LogP contribution is -2.44. The Labute approximate surface area is 138 Å². The van der Waals surface area contributed by atoms with Crippen LogP contribution in [0.5, 0.6) is 0 Å². The molecule has 3 rings (SSSR count). The molecule has 2 aromatic rings. The summed E-state index contributed by atoms with van der Waals surface area (Å²) < 4.78 is 0. The molecule has 3 nitrogen and oxygen atoms in total. The molecule has 0 radical (unpaired) electrons. The highest BCUT2D eigenvalue weighted by molar-refractivity contribution is 5.75. The van der Waals surface area contributed by atoms with Crippen molar-refractivity contribution in [2.45, 2.75) is 38.3 Å². The summed E-state index contributed by atoms with van der Waals surface area (Å²) in [4.78, 5) is 12.5. The van der Waals surface area contributed by atoms with Crippen LogP contribution in [0.25, 0.3) is 0 Å². The summed E-state index contributed by atoms with van der Waals surface area (Å²) in [5, 5.41) is 6.30. The molecule has 1 saturated carbocycles. The Kier molecular flexibility index (Phi) is 4.96. The average Bonchev–Trinajstić information content (AvgIpc) is 2.99. The molecule has 0 aliphatic heterocycles. The number of carbonyl (C=O) groups excluding carboxylic acids is 1. The van der Waals surface area contributed by atoms with E-state index in [-0.39, 0.29) is 12.1 Å². The van der Waals surface area contributed by atoms with Crippen LogP contribution in [0.3, 0.4) is 0 Å². The van der Waals surface area contributed by atoms with E-state index in [1.165, 1.54) is 12.8 Å². The van der Waals surface area contributed by atoms with Crippen molar-refractivity contribution < 1.29 is 4.79 Å². The molecule has 0 saturated heterocycles. The lowest BCUT2D eigenvalue weighted by Gasteiger charge is -2.23. The largest absolute Gasteiger partial charge is 0.335 e. The van der Waals surface area contributed by atoms with Gasteiger partial charge in [0.15, 0.2) is 0 Å². The van der Waals surface area contributed by atoms with Crippen LogP contribution in [0, 0.1) is 5.92 Å². The molecule has 0 bridgehead atoms. The SMILES string of the molecule is CC1CCCC1NC(=O)NC(c1ccccc1)c1ccccc1. The smallest absolute Gasteiger partial charge is 0.315 e. The fourth-order valence-electron chi connectivity index (χ4n) is 3.35. The van der Waals surface area contributed by atoms with Crippen LogP contribution in [0.1, 0.15) is 43.4 Å². The third-order valence-electron chi connectivity index (χ3n) is 4.72. The molecule has 2 unspecified atom stereocenters. The maximum atomic E-state index is 12.5. The Hall–Kier alpha value is -2.29. The van der Waals surface area contributed by atoms with Gasteiger partial charge < -0.3 is 10.6 Å². The van der Waals surface area contributed by atoms with Crippen molar-refractivity contribution >= 4 is 6.03 Å². The van der Waals surface area contributed by atoms with E-state index >= 15 is 0 Å². The van der Waals surface area contributed by atoms with Gasteiger partial charge in [-0.25, -0.2) is 4.79 Å². The van der Waals surface area contributed by atoms with Gasteiger partial charge in [0, 0.05) is 6.04 Å². The van der Waals surface area contributed by atoms with Gasteiger partial charge in [-0.3, -0.25) is 0 Å². The van der Waals surface area contributed by atoms with Gasteiger partial charge >= 0.3 is 6.03 Å². The molecule has 1 fully saturated rings. The van der Waals surface area contributed by atoms with Crippen molar-refractivity contribution in [3.05, 3.63) is 71.8 Å². The molecule has 23 heavy (non-hydrogen) atoms. The molecule has 0 aromatic heterocycles. The van der Waals surface area contributed by atoms with Gasteiger partial charge in [-0.2, -0.15) is 0 Å². The molecule has 120 valence electrons. The van der Waals surface area contributed by atoms with Crippen molar-refractivity contribution in [3.63, 3.8) is 0 Å². The Morgan fingerprint density at radius 3 is 2.00 bits per heavy atom. The lowest BCUT2D eigenvalue weighted by atomic mass is 9.99. The quantitative estimate of drug-likeness (QED) is 0.870. The highest BCUT2D eigenvalue weighted by Gasteiger charge is 2.26. The number of hydrogen-bond acceptors (Lipinski definition) is 1. The maximum Gasteiger partial charge on any atom is 0.315 e. The number of benzene rings is 2.